The number of carbonyl (C=O) groups is 1. The third-order valence-electron chi connectivity index (χ3n) is 2.60. The Hall–Kier alpha value is -1.51. The van der Waals surface area contributed by atoms with Gasteiger partial charge in [0.25, 0.3) is 0 Å². The molecule has 3 heteroatoms. The van der Waals surface area contributed by atoms with Gasteiger partial charge in [-0.05, 0) is 37.8 Å². The minimum absolute atomic E-state index is 0.562. The summed E-state index contributed by atoms with van der Waals surface area (Å²) in [6.07, 6.45) is 3.27. The number of carbonyl (C=O) groups excluding carboxylic acids is 1. The van der Waals surface area contributed by atoms with E-state index < -0.39 is 0 Å². The second-order valence-corrected chi connectivity index (χ2v) is 3.98. The summed E-state index contributed by atoms with van der Waals surface area (Å²) in [7, 11) is 0. The van der Waals surface area contributed by atoms with Crippen molar-refractivity contribution in [2.75, 3.05) is 13.2 Å². The molecule has 0 amide bonds. The van der Waals surface area contributed by atoms with Crippen molar-refractivity contribution in [3.05, 3.63) is 23.8 Å². The zero-order valence-electron chi connectivity index (χ0n) is 9.44. The number of ether oxygens (including phenoxy) is 2. The molecule has 0 aliphatic heterocycles. The third kappa shape index (κ3) is 2.54. The van der Waals surface area contributed by atoms with Gasteiger partial charge in [0.05, 0.1) is 18.8 Å². The van der Waals surface area contributed by atoms with Gasteiger partial charge < -0.3 is 9.47 Å². The summed E-state index contributed by atoms with van der Waals surface area (Å²) in [6, 6.07) is 5.38. The summed E-state index contributed by atoms with van der Waals surface area (Å²) in [5.74, 6) is 1.91. The summed E-state index contributed by atoms with van der Waals surface area (Å²) in [6.45, 7) is 3.17. The smallest absolute Gasteiger partial charge is 0.171 e. The maximum Gasteiger partial charge on any atom is 0.171 e. The minimum Gasteiger partial charge on any atom is -0.490 e. The highest BCUT2D eigenvalue weighted by Crippen LogP contribution is 2.34. The molecule has 0 atom stereocenters. The Labute approximate surface area is 95.4 Å². The second kappa shape index (κ2) is 5.01. The lowest BCUT2D eigenvalue weighted by molar-refractivity contribution is 0.111. The lowest BCUT2D eigenvalue weighted by atomic mass is 10.2. The quantitative estimate of drug-likeness (QED) is 0.691. The summed E-state index contributed by atoms with van der Waals surface area (Å²) < 4.78 is 11.1. The van der Waals surface area contributed by atoms with Gasteiger partial charge in [0.1, 0.15) is 0 Å². The van der Waals surface area contributed by atoms with Crippen LogP contribution in [0.15, 0.2) is 18.2 Å². The lowest BCUT2D eigenvalue weighted by Crippen LogP contribution is -2.04. The molecule has 86 valence electrons. The van der Waals surface area contributed by atoms with E-state index in [2.05, 4.69) is 0 Å². The molecule has 0 radical (unpaired) electrons. The first-order valence-electron chi connectivity index (χ1n) is 5.69. The molecule has 3 nitrogen and oxygen atoms in total. The van der Waals surface area contributed by atoms with Gasteiger partial charge in [0.15, 0.2) is 17.8 Å². The van der Waals surface area contributed by atoms with Crippen molar-refractivity contribution < 1.29 is 14.3 Å². The van der Waals surface area contributed by atoms with Gasteiger partial charge in [0.2, 0.25) is 0 Å². The van der Waals surface area contributed by atoms with E-state index in [1.165, 1.54) is 12.8 Å². The fourth-order valence-corrected chi connectivity index (χ4v) is 1.53. The van der Waals surface area contributed by atoms with Gasteiger partial charge in [-0.1, -0.05) is 6.07 Å². The summed E-state index contributed by atoms with van der Waals surface area (Å²) in [5, 5.41) is 0. The molecule has 0 aromatic heterocycles. The average molecular weight is 220 g/mol. The van der Waals surface area contributed by atoms with Gasteiger partial charge >= 0.3 is 0 Å². The van der Waals surface area contributed by atoms with Crippen molar-refractivity contribution in [1.29, 1.82) is 0 Å². The van der Waals surface area contributed by atoms with Gasteiger partial charge in [-0.25, -0.2) is 0 Å². The van der Waals surface area contributed by atoms with Crippen LogP contribution in [0.25, 0.3) is 0 Å². The minimum atomic E-state index is 0.562. The SMILES string of the molecule is CCOc1cccc(C=O)c1OCC1CC1. The molecule has 1 aliphatic carbocycles. The number of para-hydroxylation sites is 1. The maximum absolute atomic E-state index is 10.9. The Morgan fingerprint density at radius 3 is 2.81 bits per heavy atom. The van der Waals surface area contributed by atoms with E-state index in [4.69, 9.17) is 9.47 Å². The highest BCUT2D eigenvalue weighted by atomic mass is 16.5. The molecule has 0 saturated heterocycles. The molecule has 0 unspecified atom stereocenters. The Kier molecular flexibility index (Phi) is 3.44. The van der Waals surface area contributed by atoms with Crippen LogP contribution >= 0.6 is 0 Å². The summed E-state index contributed by atoms with van der Waals surface area (Å²) in [5.41, 5.74) is 0.562. The molecule has 1 aromatic rings. The Balaban J connectivity index is 2.17. The van der Waals surface area contributed by atoms with Crippen LogP contribution in [0.1, 0.15) is 30.1 Å². The molecular weight excluding hydrogens is 204 g/mol. The monoisotopic (exact) mass is 220 g/mol. The fraction of sp³-hybridized carbons (Fsp3) is 0.462. The normalized spacial score (nSPS) is 14.6. The van der Waals surface area contributed by atoms with Crippen molar-refractivity contribution in [1.82, 2.24) is 0 Å². The van der Waals surface area contributed by atoms with Crippen LogP contribution in [-0.2, 0) is 0 Å². The van der Waals surface area contributed by atoms with Gasteiger partial charge in [-0.2, -0.15) is 0 Å². The molecule has 0 spiro atoms. The van der Waals surface area contributed by atoms with Crippen LogP contribution in [0.3, 0.4) is 0 Å². The number of hydrogen-bond acceptors (Lipinski definition) is 3. The number of hydrogen-bond donors (Lipinski definition) is 0. The highest BCUT2D eigenvalue weighted by Gasteiger charge is 2.23. The number of benzene rings is 1. The predicted molar refractivity (Wildman–Crippen MR) is 61.2 cm³/mol. The van der Waals surface area contributed by atoms with Crippen molar-refractivity contribution in [3.8, 4) is 11.5 Å². The van der Waals surface area contributed by atoms with Crippen LogP contribution < -0.4 is 9.47 Å². The second-order valence-electron chi connectivity index (χ2n) is 3.98. The fourth-order valence-electron chi connectivity index (χ4n) is 1.53. The first-order valence-corrected chi connectivity index (χ1v) is 5.69. The van der Waals surface area contributed by atoms with Crippen LogP contribution in [0, 0.1) is 5.92 Å². The summed E-state index contributed by atoms with van der Waals surface area (Å²) >= 11 is 0. The van der Waals surface area contributed by atoms with Gasteiger partial charge in [-0.3, -0.25) is 4.79 Å². The molecule has 16 heavy (non-hydrogen) atoms. The van der Waals surface area contributed by atoms with Crippen molar-refractivity contribution >= 4 is 6.29 Å². The summed E-state index contributed by atoms with van der Waals surface area (Å²) in [4.78, 5) is 10.9. The zero-order valence-corrected chi connectivity index (χ0v) is 9.44. The molecule has 1 saturated carbocycles. The molecule has 0 bridgehead atoms. The highest BCUT2D eigenvalue weighted by molar-refractivity contribution is 5.81. The first kappa shape index (κ1) is 11.0. The lowest BCUT2D eigenvalue weighted by Gasteiger charge is -2.13. The molecule has 1 aromatic carbocycles. The van der Waals surface area contributed by atoms with Crippen LogP contribution in [-0.4, -0.2) is 19.5 Å². The molecular formula is C13H16O3. The van der Waals surface area contributed by atoms with E-state index in [0.29, 0.717) is 36.2 Å². The molecule has 1 aliphatic rings. The van der Waals surface area contributed by atoms with Gasteiger partial charge in [-0.15, -0.1) is 0 Å². The maximum atomic E-state index is 10.9. The van der Waals surface area contributed by atoms with Crippen molar-refractivity contribution in [2.45, 2.75) is 19.8 Å². The molecule has 1 fully saturated rings. The predicted octanol–water partition coefficient (Wildman–Crippen LogP) is 2.69. The number of aldehydes is 1. The topological polar surface area (TPSA) is 35.5 Å². The van der Waals surface area contributed by atoms with E-state index in [1.807, 2.05) is 13.0 Å². The van der Waals surface area contributed by atoms with E-state index in [1.54, 1.807) is 12.1 Å². The molecule has 0 N–H and O–H groups in total. The Morgan fingerprint density at radius 2 is 2.19 bits per heavy atom. The Bertz CT molecular complexity index is 369. The third-order valence-corrected chi connectivity index (χ3v) is 2.60. The standard InChI is InChI=1S/C13H16O3/c1-2-15-12-5-3-4-11(8-14)13(12)16-9-10-6-7-10/h3-5,8,10H,2,6-7,9H2,1H3. The number of rotatable bonds is 6. The molecule has 2 rings (SSSR count). The average Bonchev–Trinajstić information content (AvgIpc) is 3.11. The largest absolute Gasteiger partial charge is 0.490 e. The van der Waals surface area contributed by atoms with E-state index in [-0.39, 0.29) is 0 Å². The van der Waals surface area contributed by atoms with Crippen LogP contribution in [0.4, 0.5) is 0 Å². The van der Waals surface area contributed by atoms with Crippen molar-refractivity contribution in [3.63, 3.8) is 0 Å². The van der Waals surface area contributed by atoms with Crippen LogP contribution in [0.5, 0.6) is 11.5 Å². The van der Waals surface area contributed by atoms with Crippen LogP contribution in [0.2, 0.25) is 0 Å². The van der Waals surface area contributed by atoms with E-state index in [0.717, 1.165) is 6.29 Å². The first-order chi connectivity index (χ1) is 7.85. The van der Waals surface area contributed by atoms with Crippen molar-refractivity contribution in [2.24, 2.45) is 5.92 Å². The molecule has 0 heterocycles. The van der Waals surface area contributed by atoms with E-state index >= 15 is 0 Å². The Morgan fingerprint density at radius 1 is 1.38 bits per heavy atom. The van der Waals surface area contributed by atoms with Gasteiger partial charge in [0, 0.05) is 0 Å². The zero-order chi connectivity index (χ0) is 11.4. The van der Waals surface area contributed by atoms with E-state index in [9.17, 15) is 4.79 Å².